The quantitative estimate of drug-likeness (QED) is 0.640. The Bertz CT molecular complexity index is 332. The van der Waals surface area contributed by atoms with Crippen molar-refractivity contribution in [2.75, 3.05) is 0 Å². The molecule has 13 heavy (non-hydrogen) atoms. The van der Waals surface area contributed by atoms with Gasteiger partial charge in [0.2, 0.25) is 0 Å². The molecule has 3 atom stereocenters. The number of benzene rings is 1. The molecule has 1 aromatic carbocycles. The van der Waals surface area contributed by atoms with E-state index in [9.17, 15) is 0 Å². The molecule has 1 fully saturated rings. The lowest BCUT2D eigenvalue weighted by atomic mass is 9.65. The molecule has 0 unspecified atom stereocenters. The zero-order valence-electron chi connectivity index (χ0n) is 7.74. The van der Waals surface area contributed by atoms with Gasteiger partial charge >= 0.3 is 0 Å². The molecule has 0 aromatic heterocycles. The summed E-state index contributed by atoms with van der Waals surface area (Å²) in [6.07, 6.45) is 3.87. The highest BCUT2D eigenvalue weighted by atomic mass is 14.7. The van der Waals surface area contributed by atoms with Gasteiger partial charge in [-0.3, -0.25) is 0 Å². The van der Waals surface area contributed by atoms with Gasteiger partial charge in [0.15, 0.2) is 0 Å². The second-order valence-electron chi connectivity index (χ2n) is 4.41. The normalized spacial score (nSPS) is 35.9. The van der Waals surface area contributed by atoms with Crippen molar-refractivity contribution in [2.24, 2.45) is 5.73 Å². The molecular formula is C12H15N. The van der Waals surface area contributed by atoms with E-state index in [-0.39, 0.29) is 0 Å². The van der Waals surface area contributed by atoms with Crippen molar-refractivity contribution in [1.82, 2.24) is 0 Å². The van der Waals surface area contributed by atoms with Gasteiger partial charge in [-0.15, -0.1) is 0 Å². The van der Waals surface area contributed by atoms with Crippen molar-refractivity contribution in [3.05, 3.63) is 35.4 Å². The molecule has 4 rings (SSSR count). The summed E-state index contributed by atoms with van der Waals surface area (Å²) in [4.78, 5) is 0. The van der Waals surface area contributed by atoms with Crippen LogP contribution in [-0.2, 0) is 0 Å². The zero-order chi connectivity index (χ0) is 8.84. The molecule has 3 aliphatic carbocycles. The molecule has 1 saturated carbocycles. The van der Waals surface area contributed by atoms with E-state index in [0.717, 1.165) is 5.92 Å². The van der Waals surface area contributed by atoms with E-state index in [0.29, 0.717) is 12.0 Å². The lowest BCUT2D eigenvalue weighted by molar-refractivity contribution is 0.314. The Hall–Kier alpha value is -0.820. The van der Waals surface area contributed by atoms with E-state index >= 15 is 0 Å². The molecule has 0 amide bonds. The fourth-order valence-corrected chi connectivity index (χ4v) is 3.09. The van der Waals surface area contributed by atoms with Crippen LogP contribution in [0, 0.1) is 0 Å². The summed E-state index contributed by atoms with van der Waals surface area (Å²) in [6, 6.07) is 9.29. The second-order valence-corrected chi connectivity index (χ2v) is 4.41. The molecule has 0 heterocycles. The van der Waals surface area contributed by atoms with Crippen LogP contribution < -0.4 is 5.73 Å². The van der Waals surface area contributed by atoms with Gasteiger partial charge in [-0.1, -0.05) is 24.3 Å². The third kappa shape index (κ3) is 0.969. The highest BCUT2D eigenvalue weighted by Crippen LogP contribution is 2.48. The van der Waals surface area contributed by atoms with Crippen molar-refractivity contribution in [1.29, 1.82) is 0 Å². The maximum Gasteiger partial charge on any atom is 0.0114 e. The van der Waals surface area contributed by atoms with Crippen LogP contribution >= 0.6 is 0 Å². The van der Waals surface area contributed by atoms with Crippen molar-refractivity contribution in [2.45, 2.75) is 37.1 Å². The predicted octanol–water partition coefficient (Wildman–Crippen LogP) is 2.38. The van der Waals surface area contributed by atoms with Gasteiger partial charge in [0.25, 0.3) is 0 Å². The van der Waals surface area contributed by atoms with E-state index in [1.54, 1.807) is 5.56 Å². The summed E-state index contributed by atoms with van der Waals surface area (Å²) < 4.78 is 0. The van der Waals surface area contributed by atoms with Crippen LogP contribution in [0.1, 0.15) is 42.2 Å². The molecule has 1 nitrogen and oxygen atoms in total. The fourth-order valence-electron chi connectivity index (χ4n) is 3.09. The molecule has 0 aliphatic heterocycles. The molecular weight excluding hydrogens is 158 g/mol. The van der Waals surface area contributed by atoms with Gasteiger partial charge in [-0.05, 0) is 42.2 Å². The van der Waals surface area contributed by atoms with Crippen LogP contribution in [0.3, 0.4) is 0 Å². The average molecular weight is 173 g/mol. The molecule has 1 heteroatoms. The van der Waals surface area contributed by atoms with Crippen LogP contribution in [-0.4, -0.2) is 6.04 Å². The number of hydrogen-bond donors (Lipinski definition) is 1. The monoisotopic (exact) mass is 173 g/mol. The highest BCUT2D eigenvalue weighted by Gasteiger charge is 2.37. The molecule has 0 radical (unpaired) electrons. The predicted molar refractivity (Wildman–Crippen MR) is 53.8 cm³/mol. The fraction of sp³-hybridized carbons (Fsp3) is 0.500. The first-order chi connectivity index (χ1) is 6.36. The van der Waals surface area contributed by atoms with Crippen molar-refractivity contribution < 1.29 is 0 Å². The molecule has 0 saturated heterocycles. The molecule has 3 aliphatic rings. The van der Waals surface area contributed by atoms with Crippen LogP contribution in [0.5, 0.6) is 0 Å². The smallest absolute Gasteiger partial charge is 0.0114 e. The average Bonchev–Trinajstić information content (AvgIpc) is 2.19. The highest BCUT2D eigenvalue weighted by molar-refractivity contribution is 5.39. The van der Waals surface area contributed by atoms with Crippen LogP contribution in [0.25, 0.3) is 0 Å². The first-order valence-electron chi connectivity index (χ1n) is 5.20. The van der Waals surface area contributed by atoms with Crippen molar-refractivity contribution in [3.8, 4) is 0 Å². The van der Waals surface area contributed by atoms with Gasteiger partial charge in [0.1, 0.15) is 0 Å². The largest absolute Gasteiger partial charge is 0.327 e. The van der Waals surface area contributed by atoms with Crippen LogP contribution in [0.2, 0.25) is 0 Å². The van der Waals surface area contributed by atoms with E-state index < -0.39 is 0 Å². The Balaban J connectivity index is 2.16. The molecule has 68 valence electrons. The Labute approximate surface area is 78.9 Å². The summed E-state index contributed by atoms with van der Waals surface area (Å²) in [5.74, 6) is 1.41. The minimum absolute atomic E-state index is 0.425. The third-order valence-electron chi connectivity index (χ3n) is 3.73. The Morgan fingerprint density at radius 1 is 1.08 bits per heavy atom. The van der Waals surface area contributed by atoms with Gasteiger partial charge < -0.3 is 5.73 Å². The lowest BCUT2D eigenvalue weighted by Crippen LogP contribution is -2.39. The molecule has 2 bridgehead atoms. The lowest BCUT2D eigenvalue weighted by Gasteiger charge is -2.42. The van der Waals surface area contributed by atoms with E-state index in [1.165, 1.54) is 24.8 Å². The standard InChI is InChI=1S/C12H15N/c13-12-7-8-5-6-11(12)10-4-2-1-3-9(8)10/h1-4,8,11-12H,5-7,13H2/t8-,11-,12+/m1/s1. The maximum absolute atomic E-state index is 6.13. The van der Waals surface area contributed by atoms with Gasteiger partial charge in [0, 0.05) is 6.04 Å². The number of rotatable bonds is 0. The Morgan fingerprint density at radius 3 is 2.62 bits per heavy atom. The van der Waals surface area contributed by atoms with E-state index in [1.807, 2.05) is 0 Å². The van der Waals surface area contributed by atoms with E-state index in [2.05, 4.69) is 24.3 Å². The van der Waals surface area contributed by atoms with Crippen LogP contribution in [0.4, 0.5) is 0 Å². The molecule has 2 N–H and O–H groups in total. The third-order valence-corrected chi connectivity index (χ3v) is 3.73. The SMILES string of the molecule is N[C@H]1C[C@H]2CC[C@@H]1c1ccccc12. The number of nitrogens with two attached hydrogens (primary N) is 1. The summed E-state index contributed by atoms with van der Waals surface area (Å²) in [5, 5.41) is 0. The van der Waals surface area contributed by atoms with Crippen molar-refractivity contribution >= 4 is 0 Å². The molecule has 1 aromatic rings. The summed E-state index contributed by atoms with van der Waals surface area (Å²) in [6.45, 7) is 0. The summed E-state index contributed by atoms with van der Waals surface area (Å²) in [7, 11) is 0. The number of hydrogen-bond acceptors (Lipinski definition) is 1. The van der Waals surface area contributed by atoms with Gasteiger partial charge in [0.05, 0.1) is 0 Å². The summed E-state index contributed by atoms with van der Waals surface area (Å²) >= 11 is 0. The minimum Gasteiger partial charge on any atom is -0.327 e. The summed E-state index contributed by atoms with van der Waals surface area (Å²) in [5.41, 5.74) is 9.26. The second kappa shape index (κ2) is 2.58. The minimum atomic E-state index is 0.425. The van der Waals surface area contributed by atoms with Gasteiger partial charge in [-0.25, -0.2) is 0 Å². The first kappa shape index (κ1) is 7.57. The van der Waals surface area contributed by atoms with Crippen molar-refractivity contribution in [3.63, 3.8) is 0 Å². The Morgan fingerprint density at radius 2 is 1.85 bits per heavy atom. The van der Waals surface area contributed by atoms with E-state index in [4.69, 9.17) is 5.73 Å². The first-order valence-corrected chi connectivity index (χ1v) is 5.20. The van der Waals surface area contributed by atoms with Gasteiger partial charge in [-0.2, -0.15) is 0 Å². The molecule has 0 spiro atoms. The maximum atomic E-state index is 6.13. The Kier molecular flexibility index (Phi) is 1.50. The topological polar surface area (TPSA) is 26.0 Å². The van der Waals surface area contributed by atoms with Crippen LogP contribution in [0.15, 0.2) is 24.3 Å². The number of fused-ring (bicyclic) bond motifs is 2. The zero-order valence-corrected chi connectivity index (χ0v) is 7.74.